The Balaban J connectivity index is 1.45. The monoisotopic (exact) mass is 464 g/mol. The van der Waals surface area contributed by atoms with Gasteiger partial charge in [0.15, 0.2) is 5.65 Å². The molecule has 1 amide bonds. The average molecular weight is 465 g/mol. The van der Waals surface area contributed by atoms with Crippen molar-refractivity contribution in [2.24, 2.45) is 0 Å². The molecule has 2 aliphatic heterocycles. The number of nitrogens with one attached hydrogen (secondary N) is 1. The number of hydrogen-bond acceptors (Lipinski definition) is 7. The molecule has 4 heterocycles. The van der Waals surface area contributed by atoms with Crippen molar-refractivity contribution < 1.29 is 19.4 Å². The predicted molar refractivity (Wildman–Crippen MR) is 127 cm³/mol. The van der Waals surface area contributed by atoms with Crippen LogP contribution >= 0.6 is 0 Å². The van der Waals surface area contributed by atoms with Crippen LogP contribution in [-0.2, 0) is 11.2 Å². The number of carbonyl (C=O) groups is 2. The first-order valence-electron chi connectivity index (χ1n) is 11.4. The van der Waals surface area contributed by atoms with Gasteiger partial charge in [-0.3, -0.25) is 14.5 Å². The number of rotatable bonds is 5. The number of ether oxygens (including phenoxy) is 1. The summed E-state index contributed by atoms with van der Waals surface area (Å²) >= 11 is 0. The van der Waals surface area contributed by atoms with Crippen LogP contribution in [0.3, 0.4) is 0 Å². The van der Waals surface area contributed by atoms with Crippen molar-refractivity contribution in [1.29, 1.82) is 0 Å². The summed E-state index contributed by atoms with van der Waals surface area (Å²) in [5, 5.41) is 16.6. The fourth-order valence-electron chi connectivity index (χ4n) is 4.68. The van der Waals surface area contributed by atoms with Crippen LogP contribution < -0.4 is 15.0 Å². The highest BCUT2D eigenvalue weighted by molar-refractivity contribution is 6.09. The summed E-state index contributed by atoms with van der Waals surface area (Å²) in [5.74, 6) is -0.292. The van der Waals surface area contributed by atoms with Crippen LogP contribution in [0.4, 0.5) is 11.4 Å². The number of fused-ring (bicyclic) bond motifs is 2. The molecule has 2 aliphatic rings. The van der Waals surface area contributed by atoms with E-state index in [4.69, 9.17) is 4.74 Å². The zero-order valence-electron chi connectivity index (χ0n) is 19.5. The summed E-state index contributed by atoms with van der Waals surface area (Å²) in [6.07, 6.45) is 5.64. The van der Waals surface area contributed by atoms with Gasteiger partial charge in [-0.2, -0.15) is 5.10 Å². The van der Waals surface area contributed by atoms with Crippen molar-refractivity contribution >= 4 is 28.9 Å². The topological polar surface area (TPSA) is 112 Å². The second-order valence-corrected chi connectivity index (χ2v) is 9.45. The molecule has 2 N–H and O–H groups in total. The number of carboxylic acids is 1. The minimum atomic E-state index is -0.823. The Morgan fingerprint density at radius 2 is 1.97 bits per heavy atom. The zero-order chi connectivity index (χ0) is 24.0. The summed E-state index contributed by atoms with van der Waals surface area (Å²) in [6, 6.07) is 5.20. The highest BCUT2D eigenvalue weighted by atomic mass is 16.5. The maximum absolute atomic E-state index is 13.2. The third-order valence-corrected chi connectivity index (χ3v) is 6.51. The molecule has 1 aromatic carbocycles. The molecule has 1 saturated heterocycles. The number of carboxylic acid groups (broad SMARTS) is 1. The molecule has 1 fully saturated rings. The van der Waals surface area contributed by atoms with Crippen molar-refractivity contribution in [2.45, 2.75) is 38.8 Å². The number of anilines is 2. The molecule has 3 aromatic rings. The van der Waals surface area contributed by atoms with Crippen LogP contribution in [0.5, 0.6) is 5.75 Å². The first-order chi connectivity index (χ1) is 16.2. The molecule has 0 bridgehead atoms. The maximum Gasteiger partial charge on any atom is 0.320 e. The van der Waals surface area contributed by atoms with Crippen molar-refractivity contribution in [2.75, 3.05) is 36.4 Å². The second kappa shape index (κ2) is 8.28. The largest absolute Gasteiger partial charge is 0.487 e. The minimum Gasteiger partial charge on any atom is -0.487 e. The van der Waals surface area contributed by atoms with Gasteiger partial charge in [-0.25, -0.2) is 9.50 Å². The van der Waals surface area contributed by atoms with E-state index in [1.54, 1.807) is 29.9 Å². The zero-order valence-corrected chi connectivity index (χ0v) is 19.5. The number of amides is 1. The van der Waals surface area contributed by atoms with E-state index in [-0.39, 0.29) is 11.5 Å². The lowest BCUT2D eigenvalue weighted by Gasteiger charge is -2.38. The molecule has 0 saturated carbocycles. The molecule has 0 aliphatic carbocycles. The maximum atomic E-state index is 13.2. The number of carbonyl (C=O) groups excluding carboxylic acids is 1. The van der Waals surface area contributed by atoms with Crippen LogP contribution in [0.25, 0.3) is 5.65 Å². The third-order valence-electron chi connectivity index (χ3n) is 6.51. The molecule has 1 atom stereocenters. The van der Waals surface area contributed by atoms with Crippen LogP contribution in [0.15, 0.2) is 36.8 Å². The normalized spacial score (nSPS) is 18.4. The summed E-state index contributed by atoms with van der Waals surface area (Å²) in [7, 11) is 0. The quantitative estimate of drug-likeness (QED) is 0.592. The van der Waals surface area contributed by atoms with Gasteiger partial charge < -0.3 is 20.1 Å². The van der Waals surface area contributed by atoms with Crippen LogP contribution in [0.2, 0.25) is 0 Å². The highest BCUT2D eigenvalue weighted by Crippen LogP contribution is 2.42. The van der Waals surface area contributed by atoms with Gasteiger partial charge in [-0.15, -0.1) is 0 Å². The molecule has 178 valence electrons. The highest BCUT2D eigenvalue weighted by Gasteiger charge is 2.33. The van der Waals surface area contributed by atoms with Gasteiger partial charge in [0.1, 0.15) is 23.0 Å². The van der Waals surface area contributed by atoms with Crippen molar-refractivity contribution in [3.05, 3.63) is 47.9 Å². The molecule has 1 unspecified atom stereocenters. The van der Waals surface area contributed by atoms with E-state index in [9.17, 15) is 14.7 Å². The van der Waals surface area contributed by atoms with E-state index in [1.165, 1.54) is 6.20 Å². The van der Waals surface area contributed by atoms with Crippen LogP contribution in [-0.4, -0.2) is 74.3 Å². The van der Waals surface area contributed by atoms with Gasteiger partial charge in [0.2, 0.25) is 0 Å². The van der Waals surface area contributed by atoms with E-state index in [0.29, 0.717) is 43.1 Å². The van der Waals surface area contributed by atoms with E-state index < -0.39 is 12.0 Å². The first kappa shape index (κ1) is 22.1. The molecule has 2 aromatic heterocycles. The van der Waals surface area contributed by atoms with Gasteiger partial charge in [-0.05, 0) is 32.9 Å². The number of benzene rings is 1. The summed E-state index contributed by atoms with van der Waals surface area (Å²) in [5.41, 5.74) is 3.16. The lowest BCUT2D eigenvalue weighted by atomic mass is 10.0. The Bertz CT molecular complexity index is 1260. The number of hydrogen-bond donors (Lipinski definition) is 2. The SMILES string of the molecule is CC(C(=O)O)N1CCN(c2cc3c(cc2NC(=O)c2cnn4cccnc24)CC(C)(C)O3)CC1. The Morgan fingerprint density at radius 1 is 1.21 bits per heavy atom. The van der Waals surface area contributed by atoms with Crippen LogP contribution in [0, 0.1) is 0 Å². The third kappa shape index (κ3) is 4.05. The second-order valence-electron chi connectivity index (χ2n) is 9.45. The van der Waals surface area contributed by atoms with E-state index in [0.717, 1.165) is 23.4 Å². The standard InChI is InChI=1S/C24H28N6O4/c1-15(23(32)33)28-7-9-29(10-8-28)19-12-20-16(13-24(2,3)34-20)11-18(19)27-22(31)17-14-26-30-6-4-5-25-21(17)30/h4-6,11-12,14-15H,7-10,13H2,1-3H3,(H,27,31)(H,32,33). The van der Waals surface area contributed by atoms with E-state index in [2.05, 4.69) is 20.3 Å². The molecule has 34 heavy (non-hydrogen) atoms. The molecular weight excluding hydrogens is 436 g/mol. The summed E-state index contributed by atoms with van der Waals surface area (Å²) in [4.78, 5) is 33.0. The summed E-state index contributed by atoms with van der Waals surface area (Å²) < 4.78 is 7.72. The van der Waals surface area contributed by atoms with Crippen molar-refractivity contribution in [3.8, 4) is 5.75 Å². The number of nitrogens with zero attached hydrogens (tertiary/aromatic N) is 5. The van der Waals surface area contributed by atoms with E-state index in [1.807, 2.05) is 30.9 Å². The number of aliphatic carboxylic acids is 1. The van der Waals surface area contributed by atoms with Crippen molar-refractivity contribution in [3.63, 3.8) is 0 Å². The molecule has 0 spiro atoms. The fourth-order valence-corrected chi connectivity index (χ4v) is 4.68. The van der Waals surface area contributed by atoms with E-state index >= 15 is 0 Å². The van der Waals surface area contributed by atoms with Gasteiger partial charge in [-0.1, -0.05) is 0 Å². The van der Waals surface area contributed by atoms with Gasteiger partial charge in [0.05, 0.1) is 17.6 Å². The first-order valence-corrected chi connectivity index (χ1v) is 11.4. The Labute approximate surface area is 197 Å². The predicted octanol–water partition coefficient (Wildman–Crippen LogP) is 2.29. The molecule has 10 heteroatoms. The molecule has 0 radical (unpaired) electrons. The molecule has 5 rings (SSSR count). The van der Waals surface area contributed by atoms with Gasteiger partial charge in [0, 0.05) is 56.6 Å². The van der Waals surface area contributed by atoms with Gasteiger partial charge >= 0.3 is 5.97 Å². The minimum absolute atomic E-state index is 0.286. The Hall–Kier alpha value is -3.66. The number of piperazine rings is 1. The lowest BCUT2D eigenvalue weighted by molar-refractivity contribution is -0.142. The van der Waals surface area contributed by atoms with Gasteiger partial charge in [0.25, 0.3) is 5.91 Å². The smallest absolute Gasteiger partial charge is 0.320 e. The molecule has 10 nitrogen and oxygen atoms in total. The molecular formula is C24H28N6O4. The van der Waals surface area contributed by atoms with Crippen molar-refractivity contribution in [1.82, 2.24) is 19.5 Å². The fraction of sp³-hybridized carbons (Fsp3) is 0.417. The number of aromatic nitrogens is 3. The average Bonchev–Trinajstić information content (AvgIpc) is 3.37. The Morgan fingerprint density at radius 3 is 2.71 bits per heavy atom. The lowest BCUT2D eigenvalue weighted by Crippen LogP contribution is -2.51. The Kier molecular flexibility index (Phi) is 5.40. The van der Waals surface area contributed by atoms with Crippen LogP contribution in [0.1, 0.15) is 36.7 Å². The summed E-state index contributed by atoms with van der Waals surface area (Å²) in [6.45, 7) is 8.30.